The molecule has 3 heterocycles. The molecular weight excluding hydrogens is 420 g/mol. The highest BCUT2D eigenvalue weighted by atomic mass is 35.5. The molecule has 2 aliphatic rings. The highest BCUT2D eigenvalue weighted by Crippen LogP contribution is 2.49. The first kappa shape index (κ1) is 21.7. The average molecular weight is 447 g/mol. The van der Waals surface area contributed by atoms with Crippen LogP contribution in [-0.2, 0) is 9.47 Å². The Morgan fingerprint density at radius 2 is 2.00 bits per heavy atom. The highest BCUT2D eigenvalue weighted by Gasteiger charge is 2.43. The number of esters is 1. The standard InChI is InChI=1S/C23H27ClN2O5/c1-23(2)11-19-15-9-21(31-7-5-6-29-3)17(24)8-14(15)18-10-20(27)16(22(28)30-4)12-25(18)26(19)13-23/h8-10,12,19H,5-7,11,13H2,1-4H3/t19-/m0/s1. The van der Waals surface area contributed by atoms with E-state index in [4.69, 9.17) is 25.8 Å². The van der Waals surface area contributed by atoms with Crippen molar-refractivity contribution in [3.8, 4) is 17.0 Å². The number of nitrogens with zero attached hydrogens (tertiary/aromatic N) is 2. The van der Waals surface area contributed by atoms with E-state index in [0.29, 0.717) is 29.7 Å². The lowest BCUT2D eigenvalue weighted by atomic mass is 9.86. The summed E-state index contributed by atoms with van der Waals surface area (Å²) in [5.41, 5.74) is 2.34. The quantitative estimate of drug-likeness (QED) is 0.496. The van der Waals surface area contributed by atoms with Crippen molar-refractivity contribution in [3.63, 3.8) is 0 Å². The fourth-order valence-electron chi connectivity index (χ4n) is 4.50. The summed E-state index contributed by atoms with van der Waals surface area (Å²) in [6.07, 6.45) is 3.27. The van der Waals surface area contributed by atoms with Crippen molar-refractivity contribution in [2.45, 2.75) is 32.7 Å². The number of aromatic nitrogens is 1. The molecule has 1 fully saturated rings. The van der Waals surface area contributed by atoms with Crippen molar-refractivity contribution in [2.75, 3.05) is 39.0 Å². The van der Waals surface area contributed by atoms with Gasteiger partial charge in [-0.15, -0.1) is 0 Å². The molecule has 0 radical (unpaired) electrons. The molecule has 31 heavy (non-hydrogen) atoms. The van der Waals surface area contributed by atoms with Gasteiger partial charge in [0.05, 0.1) is 30.5 Å². The SMILES string of the molecule is COCCCOc1cc2c(cc1Cl)-c1cc(=O)c(C(=O)OC)cn1N1CC(C)(C)C[C@@H]21. The van der Waals surface area contributed by atoms with Gasteiger partial charge in [-0.3, -0.25) is 9.47 Å². The maximum atomic E-state index is 12.7. The minimum Gasteiger partial charge on any atom is -0.492 e. The molecule has 4 rings (SSSR count). The van der Waals surface area contributed by atoms with Gasteiger partial charge in [0.15, 0.2) is 5.43 Å². The van der Waals surface area contributed by atoms with E-state index in [-0.39, 0.29) is 22.4 Å². The van der Waals surface area contributed by atoms with Crippen molar-refractivity contribution < 1.29 is 19.0 Å². The van der Waals surface area contributed by atoms with Gasteiger partial charge in [-0.1, -0.05) is 25.4 Å². The minimum absolute atomic E-state index is 0.0161. The molecule has 0 spiro atoms. The second-order valence-electron chi connectivity index (χ2n) is 8.82. The number of hydrogen-bond donors (Lipinski definition) is 0. The summed E-state index contributed by atoms with van der Waals surface area (Å²) < 4.78 is 17.7. The first-order valence-electron chi connectivity index (χ1n) is 10.3. The number of pyridine rings is 1. The van der Waals surface area contributed by atoms with E-state index >= 15 is 0 Å². The summed E-state index contributed by atoms with van der Waals surface area (Å²) in [6, 6.07) is 5.41. The lowest BCUT2D eigenvalue weighted by Crippen LogP contribution is -2.40. The van der Waals surface area contributed by atoms with Gasteiger partial charge in [-0.2, -0.15) is 0 Å². The normalized spacial score (nSPS) is 18.2. The third-order valence-corrected chi connectivity index (χ3v) is 6.19. The summed E-state index contributed by atoms with van der Waals surface area (Å²) in [6.45, 7) is 6.33. The summed E-state index contributed by atoms with van der Waals surface area (Å²) in [5.74, 6) is -0.0119. The van der Waals surface area contributed by atoms with Gasteiger partial charge in [-0.05, 0) is 29.5 Å². The van der Waals surface area contributed by atoms with Gasteiger partial charge < -0.3 is 19.2 Å². The molecule has 1 atom stereocenters. The Morgan fingerprint density at radius 1 is 1.23 bits per heavy atom. The lowest BCUT2D eigenvalue weighted by molar-refractivity contribution is 0.0598. The van der Waals surface area contributed by atoms with Crippen LogP contribution in [0.4, 0.5) is 0 Å². The van der Waals surface area contributed by atoms with Gasteiger partial charge in [0.25, 0.3) is 0 Å². The van der Waals surface area contributed by atoms with Crippen LogP contribution >= 0.6 is 11.6 Å². The number of ether oxygens (including phenoxy) is 3. The number of halogens is 1. The summed E-state index contributed by atoms with van der Waals surface area (Å²) >= 11 is 6.55. The maximum Gasteiger partial charge on any atom is 0.343 e. The van der Waals surface area contributed by atoms with Crippen molar-refractivity contribution >= 4 is 17.6 Å². The number of carbonyl (C=O) groups excluding carboxylic acids is 1. The van der Waals surface area contributed by atoms with Crippen molar-refractivity contribution in [2.24, 2.45) is 5.41 Å². The Hall–Kier alpha value is -2.51. The van der Waals surface area contributed by atoms with Gasteiger partial charge in [0.1, 0.15) is 11.3 Å². The monoisotopic (exact) mass is 446 g/mol. The molecule has 8 heteroatoms. The van der Waals surface area contributed by atoms with Crippen LogP contribution in [0, 0.1) is 5.41 Å². The first-order valence-corrected chi connectivity index (χ1v) is 10.7. The maximum absolute atomic E-state index is 12.7. The molecule has 0 amide bonds. The molecule has 2 aromatic rings. The summed E-state index contributed by atoms with van der Waals surface area (Å²) in [5, 5.41) is 2.68. The van der Waals surface area contributed by atoms with Crippen LogP contribution in [0.15, 0.2) is 29.2 Å². The Kier molecular flexibility index (Phi) is 5.75. The number of rotatable bonds is 6. The van der Waals surface area contributed by atoms with E-state index in [0.717, 1.165) is 30.5 Å². The van der Waals surface area contributed by atoms with Gasteiger partial charge in [0.2, 0.25) is 0 Å². The number of carbonyl (C=O) groups is 1. The molecule has 2 aliphatic heterocycles. The summed E-state index contributed by atoms with van der Waals surface area (Å²) in [4.78, 5) is 24.8. The van der Waals surface area contributed by atoms with E-state index in [1.54, 1.807) is 13.3 Å². The zero-order valence-corrected chi connectivity index (χ0v) is 19.0. The molecule has 0 bridgehead atoms. The van der Waals surface area contributed by atoms with Crippen LogP contribution in [0.2, 0.25) is 5.02 Å². The Morgan fingerprint density at radius 3 is 2.71 bits per heavy atom. The van der Waals surface area contributed by atoms with Gasteiger partial charge >= 0.3 is 5.97 Å². The second kappa shape index (κ2) is 8.20. The second-order valence-corrected chi connectivity index (χ2v) is 9.23. The third kappa shape index (κ3) is 3.92. The van der Waals surface area contributed by atoms with Crippen LogP contribution in [0.5, 0.6) is 5.75 Å². The Balaban J connectivity index is 1.84. The zero-order chi connectivity index (χ0) is 22.3. The molecule has 0 unspecified atom stereocenters. The topological polar surface area (TPSA) is 70.0 Å². The van der Waals surface area contributed by atoms with E-state index < -0.39 is 5.97 Å². The predicted octanol–water partition coefficient (Wildman–Crippen LogP) is 3.79. The van der Waals surface area contributed by atoms with E-state index in [1.165, 1.54) is 13.2 Å². The van der Waals surface area contributed by atoms with Crippen LogP contribution in [0.3, 0.4) is 0 Å². The first-order chi connectivity index (χ1) is 14.8. The number of methoxy groups -OCH3 is 2. The fourth-order valence-corrected chi connectivity index (χ4v) is 4.72. The molecule has 0 saturated carbocycles. The van der Waals surface area contributed by atoms with Crippen LogP contribution in [-0.4, -0.2) is 44.6 Å². The molecular formula is C23H27ClN2O5. The minimum atomic E-state index is -0.640. The average Bonchev–Trinajstić information content (AvgIpc) is 3.06. The molecule has 0 N–H and O–H groups in total. The largest absolute Gasteiger partial charge is 0.492 e. The lowest BCUT2D eigenvalue weighted by Gasteiger charge is -2.38. The van der Waals surface area contributed by atoms with Gasteiger partial charge in [0, 0.05) is 44.5 Å². The molecule has 166 valence electrons. The number of hydrogen-bond acceptors (Lipinski definition) is 6. The third-order valence-electron chi connectivity index (χ3n) is 5.90. The fraction of sp³-hybridized carbons (Fsp3) is 0.478. The highest BCUT2D eigenvalue weighted by molar-refractivity contribution is 6.32. The number of fused-ring (bicyclic) bond motifs is 6. The smallest absolute Gasteiger partial charge is 0.343 e. The molecule has 0 aliphatic carbocycles. The van der Waals surface area contributed by atoms with Crippen LogP contribution in [0.1, 0.15) is 48.7 Å². The van der Waals surface area contributed by atoms with Crippen molar-refractivity contribution in [1.29, 1.82) is 0 Å². The summed E-state index contributed by atoms with van der Waals surface area (Å²) in [7, 11) is 2.93. The number of benzene rings is 1. The van der Waals surface area contributed by atoms with Gasteiger partial charge in [-0.25, -0.2) is 4.79 Å². The van der Waals surface area contributed by atoms with E-state index in [9.17, 15) is 9.59 Å². The van der Waals surface area contributed by atoms with Crippen LogP contribution in [0.25, 0.3) is 11.3 Å². The molecule has 1 aromatic heterocycles. The molecule has 1 aromatic carbocycles. The van der Waals surface area contributed by atoms with Crippen molar-refractivity contribution in [1.82, 2.24) is 4.68 Å². The molecule has 1 saturated heterocycles. The predicted molar refractivity (Wildman–Crippen MR) is 119 cm³/mol. The zero-order valence-electron chi connectivity index (χ0n) is 18.2. The van der Waals surface area contributed by atoms with E-state index in [1.807, 2.05) is 16.8 Å². The van der Waals surface area contributed by atoms with Crippen LogP contribution < -0.4 is 15.2 Å². The molecule has 7 nitrogen and oxygen atoms in total. The van der Waals surface area contributed by atoms with Crippen molar-refractivity contribution in [3.05, 3.63) is 50.8 Å². The van der Waals surface area contributed by atoms with E-state index in [2.05, 4.69) is 18.9 Å². The Labute approximate surface area is 186 Å². The Bertz CT molecular complexity index is 1080.